The van der Waals surface area contributed by atoms with Gasteiger partial charge in [0.2, 0.25) is 0 Å². The fourth-order valence-electron chi connectivity index (χ4n) is 7.78. The van der Waals surface area contributed by atoms with Crippen LogP contribution in [-0.4, -0.2) is 37.2 Å². The first-order valence-corrected chi connectivity index (χ1v) is 29.5. The first kappa shape index (κ1) is 67.8. The van der Waals surface area contributed by atoms with Crippen LogP contribution in [0.2, 0.25) is 0 Å². The van der Waals surface area contributed by atoms with Crippen molar-refractivity contribution in [3.05, 3.63) is 122 Å². The predicted molar refractivity (Wildman–Crippen MR) is 311 cm³/mol. The van der Waals surface area contributed by atoms with Crippen molar-refractivity contribution in [1.82, 2.24) is 0 Å². The van der Waals surface area contributed by atoms with Gasteiger partial charge in [-0.25, -0.2) is 0 Å². The molecular formula is C66H108O6. The van der Waals surface area contributed by atoms with Crippen LogP contribution in [0.1, 0.15) is 258 Å². The van der Waals surface area contributed by atoms with Crippen LogP contribution in [0.3, 0.4) is 0 Å². The van der Waals surface area contributed by atoms with Crippen molar-refractivity contribution >= 4 is 17.9 Å². The number of carbonyl (C=O) groups excluding carboxylic acids is 3. The van der Waals surface area contributed by atoms with Gasteiger partial charge in [0.15, 0.2) is 6.10 Å². The molecule has 0 aromatic rings. The van der Waals surface area contributed by atoms with Crippen LogP contribution < -0.4 is 0 Å². The number of hydrogen-bond donors (Lipinski definition) is 0. The number of hydrogen-bond acceptors (Lipinski definition) is 6. The lowest BCUT2D eigenvalue weighted by molar-refractivity contribution is -0.167. The van der Waals surface area contributed by atoms with Gasteiger partial charge in [-0.2, -0.15) is 0 Å². The van der Waals surface area contributed by atoms with Crippen LogP contribution in [0.25, 0.3) is 0 Å². The molecule has 0 aliphatic carbocycles. The van der Waals surface area contributed by atoms with Gasteiger partial charge in [-0.15, -0.1) is 0 Å². The summed E-state index contributed by atoms with van der Waals surface area (Å²) in [5.41, 5.74) is 0. The molecule has 0 saturated carbocycles. The Morgan fingerprint density at radius 2 is 0.542 bits per heavy atom. The standard InChI is InChI=1S/C66H108O6/c1-4-7-10-13-16-19-22-25-27-28-29-30-31-32-33-34-35-36-37-38-40-41-44-47-50-53-56-59-65(68)71-62-63(61-70-64(67)58-55-52-49-46-43-24-21-18-15-12-9-6-3)72-66(69)60-57-54-51-48-45-42-39-26-23-20-17-14-11-8-5-2/h7,10,16-17,19-20,25-27,29-30,32-33,35-36,38-40,44,47,63H,4-6,8-9,11-15,18,21-24,28,31,34,37,41-43,45-46,48-62H2,1-3H3/b10-7-,19-16-,20-17-,27-25-,30-29-,33-32-,36-35-,39-26-,40-38-,47-44-. The Morgan fingerprint density at radius 1 is 0.292 bits per heavy atom. The molecule has 0 amide bonds. The predicted octanol–water partition coefficient (Wildman–Crippen LogP) is 20.0. The summed E-state index contributed by atoms with van der Waals surface area (Å²) >= 11 is 0. The molecule has 0 spiro atoms. The summed E-state index contributed by atoms with van der Waals surface area (Å²) in [4.78, 5) is 38.1. The summed E-state index contributed by atoms with van der Waals surface area (Å²) in [6, 6.07) is 0. The lowest BCUT2D eigenvalue weighted by atomic mass is 10.0. The van der Waals surface area contributed by atoms with Crippen LogP contribution in [-0.2, 0) is 28.6 Å². The Morgan fingerprint density at radius 3 is 0.903 bits per heavy atom. The molecule has 6 heteroatoms. The molecule has 0 aromatic heterocycles. The lowest BCUT2D eigenvalue weighted by Gasteiger charge is -2.18. The minimum absolute atomic E-state index is 0.0983. The quantitative estimate of drug-likeness (QED) is 0.0261. The van der Waals surface area contributed by atoms with E-state index in [1.165, 1.54) is 83.5 Å². The molecule has 0 N–H and O–H groups in total. The molecule has 0 radical (unpaired) electrons. The molecular weight excluding hydrogens is 889 g/mol. The summed E-state index contributed by atoms with van der Waals surface area (Å²) in [6.45, 7) is 6.45. The van der Waals surface area contributed by atoms with Crippen LogP contribution >= 0.6 is 0 Å². The first-order chi connectivity index (χ1) is 35.5. The Kier molecular flexibility index (Phi) is 55.9. The molecule has 6 nitrogen and oxygen atoms in total. The normalized spacial score (nSPS) is 13.0. The maximum Gasteiger partial charge on any atom is 0.306 e. The van der Waals surface area contributed by atoms with E-state index in [-0.39, 0.29) is 31.1 Å². The number of carbonyl (C=O) groups is 3. The van der Waals surface area contributed by atoms with Crippen molar-refractivity contribution < 1.29 is 28.6 Å². The molecule has 0 bridgehead atoms. The zero-order chi connectivity index (χ0) is 52.2. The van der Waals surface area contributed by atoms with Crippen LogP contribution in [0.15, 0.2) is 122 Å². The van der Waals surface area contributed by atoms with Gasteiger partial charge < -0.3 is 14.2 Å². The van der Waals surface area contributed by atoms with E-state index >= 15 is 0 Å². The minimum atomic E-state index is -0.805. The molecule has 0 aliphatic heterocycles. The summed E-state index contributed by atoms with van der Waals surface area (Å²) in [5.74, 6) is -0.959. The Balaban J connectivity index is 4.43. The highest BCUT2D eigenvalue weighted by molar-refractivity contribution is 5.71. The van der Waals surface area contributed by atoms with Crippen LogP contribution in [0.5, 0.6) is 0 Å². The highest BCUT2D eigenvalue weighted by Gasteiger charge is 2.19. The average Bonchev–Trinajstić information content (AvgIpc) is 3.38. The van der Waals surface area contributed by atoms with Crippen molar-refractivity contribution in [2.75, 3.05) is 13.2 Å². The zero-order valence-corrected chi connectivity index (χ0v) is 46.7. The third-order valence-corrected chi connectivity index (χ3v) is 12.2. The second kappa shape index (κ2) is 59.4. The molecule has 0 rings (SSSR count). The Bertz CT molecular complexity index is 1520. The van der Waals surface area contributed by atoms with Crippen molar-refractivity contribution in [3.8, 4) is 0 Å². The van der Waals surface area contributed by atoms with Gasteiger partial charge >= 0.3 is 17.9 Å². The summed E-state index contributed by atoms with van der Waals surface area (Å²) in [6.07, 6.45) is 81.9. The van der Waals surface area contributed by atoms with Gasteiger partial charge in [-0.3, -0.25) is 14.4 Å². The smallest absolute Gasteiger partial charge is 0.306 e. The van der Waals surface area contributed by atoms with Crippen molar-refractivity contribution in [3.63, 3.8) is 0 Å². The third-order valence-electron chi connectivity index (χ3n) is 12.2. The molecule has 0 heterocycles. The molecule has 0 aromatic carbocycles. The molecule has 0 saturated heterocycles. The minimum Gasteiger partial charge on any atom is -0.462 e. The van der Waals surface area contributed by atoms with E-state index in [2.05, 4.69) is 142 Å². The van der Waals surface area contributed by atoms with Crippen molar-refractivity contribution in [2.45, 2.75) is 264 Å². The highest BCUT2D eigenvalue weighted by Crippen LogP contribution is 2.14. The number of allylic oxidation sites excluding steroid dienone is 20. The summed E-state index contributed by atoms with van der Waals surface area (Å²) < 4.78 is 16.8. The van der Waals surface area contributed by atoms with Gasteiger partial charge in [0.05, 0.1) is 0 Å². The fraction of sp³-hybridized carbons (Fsp3) is 0.652. The van der Waals surface area contributed by atoms with Crippen molar-refractivity contribution in [1.29, 1.82) is 0 Å². The van der Waals surface area contributed by atoms with Gasteiger partial charge in [-0.1, -0.05) is 245 Å². The zero-order valence-electron chi connectivity index (χ0n) is 46.7. The number of unbranched alkanes of at least 4 members (excludes halogenated alkanes) is 21. The largest absolute Gasteiger partial charge is 0.462 e. The molecule has 1 unspecified atom stereocenters. The van der Waals surface area contributed by atoms with Gasteiger partial charge in [-0.05, 0) is 116 Å². The summed E-state index contributed by atoms with van der Waals surface area (Å²) in [7, 11) is 0. The molecule has 0 fully saturated rings. The van der Waals surface area contributed by atoms with Crippen molar-refractivity contribution in [2.24, 2.45) is 0 Å². The second-order valence-corrected chi connectivity index (χ2v) is 19.2. The van der Waals surface area contributed by atoms with Gasteiger partial charge in [0.1, 0.15) is 13.2 Å². The van der Waals surface area contributed by atoms with Gasteiger partial charge in [0.25, 0.3) is 0 Å². The molecule has 0 aliphatic rings. The van der Waals surface area contributed by atoms with Crippen LogP contribution in [0, 0.1) is 0 Å². The highest BCUT2D eigenvalue weighted by atomic mass is 16.6. The maximum atomic E-state index is 12.8. The van der Waals surface area contributed by atoms with E-state index < -0.39 is 6.10 Å². The topological polar surface area (TPSA) is 78.9 Å². The molecule has 1 atom stereocenters. The number of ether oxygens (including phenoxy) is 3. The maximum absolute atomic E-state index is 12.8. The first-order valence-electron chi connectivity index (χ1n) is 29.5. The molecule has 408 valence electrons. The monoisotopic (exact) mass is 997 g/mol. The third kappa shape index (κ3) is 56.7. The molecule has 72 heavy (non-hydrogen) atoms. The van der Waals surface area contributed by atoms with E-state index in [4.69, 9.17) is 14.2 Å². The van der Waals surface area contributed by atoms with E-state index in [0.29, 0.717) is 25.7 Å². The Labute approximate surface area is 443 Å². The number of rotatable bonds is 52. The SMILES string of the molecule is CC/C=C\C/C=C\C/C=C\C/C=C\C/C=C\C/C=C\C/C=C\C/C=C\CCCCC(=O)OCC(COC(=O)CCCCCCCCCCCCCC)OC(=O)CCCCCCC/C=C\C/C=C\CCCCC. The fourth-order valence-corrected chi connectivity index (χ4v) is 7.78. The number of esters is 3. The average molecular weight is 998 g/mol. The second-order valence-electron chi connectivity index (χ2n) is 19.2. The van der Waals surface area contributed by atoms with Gasteiger partial charge in [0, 0.05) is 19.3 Å². The van der Waals surface area contributed by atoms with E-state index in [1.54, 1.807) is 0 Å². The lowest BCUT2D eigenvalue weighted by Crippen LogP contribution is -2.30. The van der Waals surface area contributed by atoms with E-state index in [9.17, 15) is 14.4 Å². The van der Waals surface area contributed by atoms with E-state index in [1.807, 2.05) is 0 Å². The Hall–Kier alpha value is -4.19. The summed E-state index contributed by atoms with van der Waals surface area (Å²) in [5, 5.41) is 0. The van der Waals surface area contributed by atoms with E-state index in [0.717, 1.165) is 128 Å². The van der Waals surface area contributed by atoms with Crippen LogP contribution in [0.4, 0.5) is 0 Å².